The molecule has 1 unspecified atom stereocenters. The van der Waals surface area contributed by atoms with Crippen molar-refractivity contribution in [1.82, 2.24) is 5.32 Å². The number of hydrogen-bond acceptors (Lipinski definition) is 2. The topological polar surface area (TPSA) is 58.2 Å². The van der Waals surface area contributed by atoms with Crippen LogP contribution in [0, 0.1) is 5.82 Å². The van der Waals surface area contributed by atoms with E-state index in [2.05, 4.69) is 10.6 Å². The van der Waals surface area contributed by atoms with Crippen LogP contribution in [0.25, 0.3) is 0 Å². The van der Waals surface area contributed by atoms with Crippen LogP contribution in [0.1, 0.15) is 34.9 Å². The van der Waals surface area contributed by atoms with Gasteiger partial charge in [-0.1, -0.05) is 66.7 Å². The van der Waals surface area contributed by atoms with E-state index in [0.29, 0.717) is 17.8 Å². The summed E-state index contributed by atoms with van der Waals surface area (Å²) in [5.41, 5.74) is 3.20. The first-order valence-electron chi connectivity index (χ1n) is 9.58. The van der Waals surface area contributed by atoms with Gasteiger partial charge in [0, 0.05) is 24.6 Å². The van der Waals surface area contributed by atoms with Gasteiger partial charge in [-0.25, -0.2) is 4.39 Å². The van der Waals surface area contributed by atoms with Crippen molar-refractivity contribution >= 4 is 17.5 Å². The third kappa shape index (κ3) is 4.19. The summed E-state index contributed by atoms with van der Waals surface area (Å²) in [6.07, 6.45) is 0.0474. The van der Waals surface area contributed by atoms with Gasteiger partial charge in [0.15, 0.2) is 0 Å². The van der Waals surface area contributed by atoms with E-state index in [1.165, 1.54) is 12.1 Å². The minimum Gasteiger partial charge on any atom is -0.355 e. The molecule has 2 N–H and O–H groups in total. The van der Waals surface area contributed by atoms with E-state index in [9.17, 15) is 14.0 Å². The van der Waals surface area contributed by atoms with Crippen molar-refractivity contribution in [3.8, 4) is 0 Å². The summed E-state index contributed by atoms with van der Waals surface area (Å²) in [7, 11) is 0. The average molecular weight is 388 g/mol. The summed E-state index contributed by atoms with van der Waals surface area (Å²) in [6, 6.07) is 24.1. The molecule has 1 aliphatic rings. The Balaban J connectivity index is 1.56. The molecule has 146 valence electrons. The van der Waals surface area contributed by atoms with Crippen LogP contribution in [0.5, 0.6) is 0 Å². The third-order valence-corrected chi connectivity index (χ3v) is 5.26. The number of carbonyl (C=O) groups excluding carboxylic acids is 2. The quantitative estimate of drug-likeness (QED) is 0.688. The van der Waals surface area contributed by atoms with Crippen LogP contribution >= 0.6 is 0 Å². The van der Waals surface area contributed by atoms with Gasteiger partial charge >= 0.3 is 0 Å². The van der Waals surface area contributed by atoms with E-state index in [1.54, 1.807) is 6.07 Å². The highest BCUT2D eigenvalue weighted by Gasteiger charge is 2.31. The molecule has 0 radical (unpaired) electrons. The van der Waals surface area contributed by atoms with E-state index in [4.69, 9.17) is 0 Å². The fourth-order valence-electron chi connectivity index (χ4n) is 3.80. The summed E-state index contributed by atoms with van der Waals surface area (Å²) < 4.78 is 13.5. The maximum Gasteiger partial charge on any atom is 0.228 e. The fourth-order valence-corrected chi connectivity index (χ4v) is 3.80. The molecule has 0 bridgehead atoms. The number of hydrogen-bond donors (Lipinski definition) is 2. The zero-order chi connectivity index (χ0) is 20.2. The summed E-state index contributed by atoms with van der Waals surface area (Å²) in [5, 5.41) is 5.66. The highest BCUT2D eigenvalue weighted by Crippen LogP contribution is 2.33. The fraction of sp³-hybridized carbons (Fsp3) is 0.167. The van der Waals surface area contributed by atoms with E-state index >= 15 is 0 Å². The van der Waals surface area contributed by atoms with E-state index in [1.807, 2.05) is 60.7 Å². The number of fused-ring (bicyclic) bond motifs is 1. The Morgan fingerprint density at radius 1 is 1.00 bits per heavy atom. The van der Waals surface area contributed by atoms with E-state index in [-0.39, 0.29) is 24.2 Å². The van der Waals surface area contributed by atoms with Gasteiger partial charge in [-0.05, 0) is 28.8 Å². The maximum absolute atomic E-state index is 13.5. The summed E-state index contributed by atoms with van der Waals surface area (Å²) in [5.74, 6) is -1.60. The molecular formula is C24H21FN2O2. The molecule has 0 aromatic heterocycles. The van der Waals surface area contributed by atoms with Gasteiger partial charge < -0.3 is 10.6 Å². The number of halogens is 1. The number of nitrogens with one attached hydrogen (secondary N) is 2. The van der Waals surface area contributed by atoms with Crippen molar-refractivity contribution in [3.63, 3.8) is 0 Å². The molecule has 0 aliphatic carbocycles. The second kappa shape index (κ2) is 8.27. The van der Waals surface area contributed by atoms with Gasteiger partial charge in [-0.3, -0.25) is 9.59 Å². The molecule has 0 saturated carbocycles. The molecule has 4 rings (SSSR count). The maximum atomic E-state index is 13.5. The first-order valence-corrected chi connectivity index (χ1v) is 9.58. The Morgan fingerprint density at radius 3 is 2.24 bits per heavy atom. The van der Waals surface area contributed by atoms with Gasteiger partial charge in [0.05, 0.1) is 5.92 Å². The number of benzene rings is 3. The van der Waals surface area contributed by atoms with Crippen LogP contribution in [0.4, 0.5) is 10.1 Å². The number of anilines is 1. The molecule has 29 heavy (non-hydrogen) atoms. The van der Waals surface area contributed by atoms with E-state index in [0.717, 1.165) is 11.1 Å². The Kier molecular flexibility index (Phi) is 5.38. The highest BCUT2D eigenvalue weighted by atomic mass is 19.1. The minimum absolute atomic E-state index is 0.00791. The van der Waals surface area contributed by atoms with Crippen LogP contribution in [0.3, 0.4) is 0 Å². The molecule has 5 heteroatoms. The smallest absolute Gasteiger partial charge is 0.228 e. The molecule has 4 nitrogen and oxygen atoms in total. The number of carbonyl (C=O) groups is 2. The molecule has 3 aromatic rings. The van der Waals surface area contributed by atoms with Crippen LogP contribution in [-0.4, -0.2) is 18.4 Å². The van der Waals surface area contributed by atoms with Gasteiger partial charge in [0.1, 0.15) is 5.82 Å². The monoisotopic (exact) mass is 388 g/mol. The van der Waals surface area contributed by atoms with Crippen molar-refractivity contribution in [2.45, 2.75) is 18.3 Å². The molecule has 0 saturated heterocycles. The molecule has 1 atom stereocenters. The lowest BCUT2D eigenvalue weighted by Gasteiger charge is -2.26. The number of rotatable bonds is 5. The first kappa shape index (κ1) is 18.9. The molecule has 2 amide bonds. The lowest BCUT2D eigenvalue weighted by molar-refractivity contribution is -0.126. The third-order valence-electron chi connectivity index (χ3n) is 5.26. The lowest BCUT2D eigenvalue weighted by Crippen LogP contribution is -2.37. The van der Waals surface area contributed by atoms with Gasteiger partial charge in [-0.15, -0.1) is 0 Å². The van der Waals surface area contributed by atoms with Crippen molar-refractivity contribution in [1.29, 1.82) is 0 Å². The Labute approximate surface area is 168 Å². The van der Waals surface area contributed by atoms with Crippen LogP contribution < -0.4 is 10.6 Å². The summed E-state index contributed by atoms with van der Waals surface area (Å²) >= 11 is 0. The molecule has 0 fully saturated rings. The molecule has 3 aromatic carbocycles. The zero-order valence-corrected chi connectivity index (χ0v) is 15.8. The SMILES string of the molecule is O=C1CC(C(=O)NCC(c2ccccc2)c2ccccc2)c2ccc(F)cc2N1. The predicted octanol–water partition coefficient (Wildman–Crippen LogP) is 4.20. The van der Waals surface area contributed by atoms with Crippen molar-refractivity contribution in [2.75, 3.05) is 11.9 Å². The van der Waals surface area contributed by atoms with Gasteiger partial charge in [0.2, 0.25) is 11.8 Å². The van der Waals surface area contributed by atoms with Crippen molar-refractivity contribution < 1.29 is 14.0 Å². The minimum atomic E-state index is -0.633. The standard InChI is InChI=1S/C24H21FN2O2/c25-18-11-12-19-20(14-23(28)27-22(19)13-18)24(29)26-15-21(16-7-3-1-4-8-16)17-9-5-2-6-10-17/h1-13,20-21H,14-15H2,(H,26,29)(H,27,28). The van der Waals surface area contributed by atoms with Crippen molar-refractivity contribution in [3.05, 3.63) is 101 Å². The first-order chi connectivity index (χ1) is 14.1. The molecular weight excluding hydrogens is 367 g/mol. The number of amides is 2. The Bertz CT molecular complexity index is 982. The second-order valence-corrected chi connectivity index (χ2v) is 7.16. The van der Waals surface area contributed by atoms with Crippen LogP contribution in [-0.2, 0) is 9.59 Å². The lowest BCUT2D eigenvalue weighted by atomic mass is 9.88. The largest absolute Gasteiger partial charge is 0.355 e. The highest BCUT2D eigenvalue weighted by molar-refractivity contribution is 6.01. The Morgan fingerprint density at radius 2 is 1.62 bits per heavy atom. The molecule has 0 spiro atoms. The molecule has 1 aliphatic heterocycles. The van der Waals surface area contributed by atoms with E-state index < -0.39 is 11.7 Å². The summed E-state index contributed by atoms with van der Waals surface area (Å²) in [6.45, 7) is 0.404. The average Bonchev–Trinajstić information content (AvgIpc) is 2.74. The van der Waals surface area contributed by atoms with Crippen molar-refractivity contribution in [2.24, 2.45) is 0 Å². The Hall–Kier alpha value is -3.47. The van der Waals surface area contributed by atoms with Gasteiger partial charge in [-0.2, -0.15) is 0 Å². The zero-order valence-electron chi connectivity index (χ0n) is 15.8. The second-order valence-electron chi connectivity index (χ2n) is 7.16. The normalized spacial score (nSPS) is 15.5. The predicted molar refractivity (Wildman–Crippen MR) is 110 cm³/mol. The molecule has 1 heterocycles. The summed E-state index contributed by atoms with van der Waals surface area (Å²) in [4.78, 5) is 25.0. The van der Waals surface area contributed by atoms with Crippen LogP contribution in [0.2, 0.25) is 0 Å². The van der Waals surface area contributed by atoms with Crippen LogP contribution in [0.15, 0.2) is 78.9 Å². The van der Waals surface area contributed by atoms with Gasteiger partial charge in [0.25, 0.3) is 0 Å².